The molecule has 0 saturated carbocycles. The Bertz CT molecular complexity index is 1170. The lowest BCUT2D eigenvalue weighted by Gasteiger charge is -2.20. The minimum absolute atomic E-state index is 0.0218. The van der Waals surface area contributed by atoms with Crippen LogP contribution in [0.15, 0.2) is 42.5 Å². The largest absolute Gasteiger partial charge is 0.481 e. The van der Waals surface area contributed by atoms with Gasteiger partial charge in [0.25, 0.3) is 0 Å². The number of carboxylic acids is 1. The molecule has 6 nitrogen and oxygen atoms in total. The number of hydrogen-bond acceptors (Lipinski definition) is 5. The first-order valence-electron chi connectivity index (χ1n) is 10.6. The third-order valence-electron chi connectivity index (χ3n) is 5.91. The molecule has 0 amide bonds. The molecule has 0 aliphatic heterocycles. The van der Waals surface area contributed by atoms with Crippen LogP contribution in [0.4, 0.5) is 11.5 Å². The van der Waals surface area contributed by atoms with Gasteiger partial charge in [0, 0.05) is 11.1 Å². The van der Waals surface area contributed by atoms with Crippen molar-refractivity contribution < 1.29 is 9.90 Å². The molecule has 160 valence electrons. The van der Waals surface area contributed by atoms with Crippen LogP contribution in [0.5, 0.6) is 0 Å². The Kier molecular flexibility index (Phi) is 5.63. The zero-order valence-corrected chi connectivity index (χ0v) is 18.1. The number of benzene rings is 2. The Morgan fingerprint density at radius 2 is 2.00 bits per heavy atom. The Balaban J connectivity index is 1.68. The summed E-state index contributed by atoms with van der Waals surface area (Å²) < 4.78 is 0. The second-order valence-electron chi connectivity index (χ2n) is 8.43. The topological polar surface area (TPSA) is 101 Å². The number of nitrogens with two attached hydrogens (primary N) is 1. The molecular formula is C25H28N4O2. The molecule has 0 radical (unpaired) electrons. The number of rotatable bonds is 5. The summed E-state index contributed by atoms with van der Waals surface area (Å²) >= 11 is 0. The summed E-state index contributed by atoms with van der Waals surface area (Å²) in [7, 11) is 0. The van der Waals surface area contributed by atoms with E-state index in [1.807, 2.05) is 32.0 Å². The monoisotopic (exact) mass is 416 g/mol. The summed E-state index contributed by atoms with van der Waals surface area (Å²) in [6.07, 6.45) is 4.06. The normalized spacial score (nSPS) is 17.3. The fraction of sp³-hybridized carbons (Fsp3) is 0.320. The molecule has 0 bridgehead atoms. The molecule has 31 heavy (non-hydrogen) atoms. The number of allylic oxidation sites excluding steroid dienone is 2. The molecule has 0 saturated heterocycles. The smallest absolute Gasteiger partial charge is 0.306 e. The van der Waals surface area contributed by atoms with Crippen molar-refractivity contribution in [3.63, 3.8) is 0 Å². The number of fused-ring (bicyclic) bond motifs is 1. The van der Waals surface area contributed by atoms with Crippen LogP contribution in [-0.4, -0.2) is 21.0 Å². The van der Waals surface area contributed by atoms with Gasteiger partial charge in [-0.15, -0.1) is 0 Å². The summed E-state index contributed by atoms with van der Waals surface area (Å²) in [6.45, 7) is 6.02. The molecule has 1 unspecified atom stereocenters. The Labute approximate surface area is 182 Å². The number of nitrogens with one attached hydrogen (secondary N) is 1. The van der Waals surface area contributed by atoms with Gasteiger partial charge in [-0.25, -0.2) is 9.97 Å². The number of carboxylic acid groups (broad SMARTS) is 1. The molecule has 1 heterocycles. The predicted octanol–water partition coefficient (Wildman–Crippen LogP) is 5.27. The first-order valence-corrected chi connectivity index (χ1v) is 10.6. The highest BCUT2D eigenvalue weighted by molar-refractivity contribution is 5.92. The van der Waals surface area contributed by atoms with Crippen molar-refractivity contribution in [2.75, 3.05) is 11.1 Å². The zero-order chi connectivity index (χ0) is 22.1. The van der Waals surface area contributed by atoms with Gasteiger partial charge in [-0.05, 0) is 86.6 Å². The number of nitrogen functional groups attached to an aromatic ring is 1. The van der Waals surface area contributed by atoms with E-state index in [4.69, 9.17) is 5.73 Å². The molecule has 0 spiro atoms. The maximum Gasteiger partial charge on any atom is 0.306 e. The summed E-state index contributed by atoms with van der Waals surface area (Å²) in [5, 5.41) is 13.7. The van der Waals surface area contributed by atoms with Gasteiger partial charge < -0.3 is 16.2 Å². The van der Waals surface area contributed by atoms with Crippen molar-refractivity contribution in [1.29, 1.82) is 0 Å². The second kappa shape index (κ2) is 8.38. The second-order valence-corrected chi connectivity index (χ2v) is 8.43. The van der Waals surface area contributed by atoms with E-state index in [1.165, 1.54) is 5.57 Å². The zero-order valence-electron chi connectivity index (χ0n) is 18.1. The molecule has 4 rings (SSSR count). The van der Waals surface area contributed by atoms with Gasteiger partial charge in [0.15, 0.2) is 0 Å². The number of hydrogen-bond donors (Lipinski definition) is 3. The van der Waals surface area contributed by atoms with Gasteiger partial charge >= 0.3 is 5.97 Å². The quantitative estimate of drug-likeness (QED) is 0.490. The molecule has 1 aromatic heterocycles. The van der Waals surface area contributed by atoms with Crippen molar-refractivity contribution >= 4 is 34.0 Å². The Hall–Kier alpha value is -3.41. The first kappa shape index (κ1) is 20.8. The number of nitrogens with zero attached hydrogens (tertiary/aromatic N) is 2. The van der Waals surface area contributed by atoms with Crippen LogP contribution in [0.3, 0.4) is 0 Å². The van der Waals surface area contributed by atoms with Gasteiger partial charge in [0.05, 0.1) is 17.5 Å². The number of anilines is 2. The lowest BCUT2D eigenvalue weighted by Crippen LogP contribution is -2.15. The van der Waals surface area contributed by atoms with Crippen molar-refractivity contribution in [2.45, 2.75) is 46.1 Å². The SMILES string of the molecule is Cc1cc(N)cc([C@@H](C)Nc2nc(C)nc3ccc(C4=CCC(C(=O)O)CC4)cc23)c1. The summed E-state index contributed by atoms with van der Waals surface area (Å²) in [5.41, 5.74) is 12.2. The van der Waals surface area contributed by atoms with Crippen molar-refractivity contribution in [3.8, 4) is 0 Å². The van der Waals surface area contributed by atoms with Gasteiger partial charge in [0.1, 0.15) is 11.6 Å². The van der Waals surface area contributed by atoms with Crippen LogP contribution >= 0.6 is 0 Å². The highest BCUT2D eigenvalue weighted by atomic mass is 16.4. The lowest BCUT2D eigenvalue weighted by atomic mass is 9.86. The molecule has 0 fully saturated rings. The number of aliphatic carboxylic acids is 1. The maximum absolute atomic E-state index is 11.2. The molecule has 1 aliphatic rings. The Morgan fingerprint density at radius 1 is 1.19 bits per heavy atom. The average molecular weight is 417 g/mol. The van der Waals surface area contributed by atoms with E-state index < -0.39 is 5.97 Å². The summed E-state index contributed by atoms with van der Waals surface area (Å²) in [4.78, 5) is 20.5. The molecule has 2 aromatic carbocycles. The molecular weight excluding hydrogens is 388 g/mol. The van der Waals surface area contributed by atoms with E-state index in [9.17, 15) is 9.90 Å². The first-order chi connectivity index (χ1) is 14.8. The van der Waals surface area contributed by atoms with Crippen LogP contribution in [-0.2, 0) is 4.79 Å². The molecule has 4 N–H and O–H groups in total. The van der Waals surface area contributed by atoms with Gasteiger partial charge in [-0.3, -0.25) is 4.79 Å². The summed E-state index contributed by atoms with van der Waals surface area (Å²) in [6, 6.07) is 12.3. The lowest BCUT2D eigenvalue weighted by molar-refractivity contribution is -0.141. The average Bonchev–Trinajstić information content (AvgIpc) is 2.72. The molecule has 6 heteroatoms. The number of aromatic nitrogens is 2. The fourth-order valence-corrected chi connectivity index (χ4v) is 4.26. The van der Waals surface area contributed by atoms with E-state index in [0.717, 1.165) is 45.5 Å². The van der Waals surface area contributed by atoms with Crippen LogP contribution in [0.25, 0.3) is 16.5 Å². The van der Waals surface area contributed by atoms with E-state index in [2.05, 4.69) is 46.5 Å². The van der Waals surface area contributed by atoms with E-state index >= 15 is 0 Å². The van der Waals surface area contributed by atoms with Crippen molar-refractivity contribution in [3.05, 3.63) is 65.0 Å². The highest BCUT2D eigenvalue weighted by Crippen LogP contribution is 2.33. The van der Waals surface area contributed by atoms with E-state index in [0.29, 0.717) is 18.7 Å². The van der Waals surface area contributed by atoms with Crippen LogP contribution in [0.2, 0.25) is 0 Å². The van der Waals surface area contributed by atoms with Crippen LogP contribution < -0.4 is 11.1 Å². The number of carbonyl (C=O) groups is 1. The van der Waals surface area contributed by atoms with E-state index in [-0.39, 0.29) is 12.0 Å². The molecule has 2 atom stereocenters. The fourth-order valence-electron chi connectivity index (χ4n) is 4.26. The minimum atomic E-state index is -0.713. The third kappa shape index (κ3) is 4.53. The van der Waals surface area contributed by atoms with Crippen LogP contribution in [0.1, 0.15) is 54.7 Å². The predicted molar refractivity (Wildman–Crippen MR) is 125 cm³/mol. The Morgan fingerprint density at radius 3 is 2.68 bits per heavy atom. The molecule has 1 aliphatic carbocycles. The number of aryl methyl sites for hydroxylation is 2. The maximum atomic E-state index is 11.2. The van der Waals surface area contributed by atoms with Gasteiger partial charge in [-0.2, -0.15) is 0 Å². The van der Waals surface area contributed by atoms with Crippen molar-refractivity contribution in [1.82, 2.24) is 9.97 Å². The van der Waals surface area contributed by atoms with E-state index in [1.54, 1.807) is 0 Å². The van der Waals surface area contributed by atoms with Gasteiger partial charge in [-0.1, -0.05) is 18.2 Å². The molecule has 3 aromatic rings. The minimum Gasteiger partial charge on any atom is -0.481 e. The van der Waals surface area contributed by atoms with Crippen LogP contribution in [0, 0.1) is 19.8 Å². The van der Waals surface area contributed by atoms with Gasteiger partial charge in [0.2, 0.25) is 0 Å². The van der Waals surface area contributed by atoms with Crippen molar-refractivity contribution in [2.24, 2.45) is 5.92 Å². The third-order valence-corrected chi connectivity index (χ3v) is 5.91. The standard InChI is InChI=1S/C25H28N4O2/c1-14-10-20(12-21(26)11-14)15(2)27-24-22-13-19(8-9-23(22)28-16(3)29-24)17-4-6-18(7-5-17)25(30)31/h4,8-13,15,18H,5-7,26H2,1-3H3,(H,30,31)(H,27,28,29)/t15-,18?/m1/s1. The summed E-state index contributed by atoms with van der Waals surface area (Å²) in [5.74, 6) is 0.501. The highest BCUT2D eigenvalue weighted by Gasteiger charge is 2.21.